The highest BCUT2D eigenvalue weighted by molar-refractivity contribution is 6.30. The van der Waals surface area contributed by atoms with Crippen molar-refractivity contribution in [3.8, 4) is 0 Å². The van der Waals surface area contributed by atoms with E-state index < -0.39 is 6.04 Å². The molecule has 1 atom stereocenters. The lowest BCUT2D eigenvalue weighted by atomic mass is 10.0. The third-order valence-electron chi connectivity index (χ3n) is 5.34. The maximum absolute atomic E-state index is 13.5. The van der Waals surface area contributed by atoms with Crippen molar-refractivity contribution in [1.82, 2.24) is 10.2 Å². The van der Waals surface area contributed by atoms with Crippen molar-refractivity contribution in [2.24, 2.45) is 0 Å². The van der Waals surface area contributed by atoms with Gasteiger partial charge in [0.1, 0.15) is 6.04 Å². The van der Waals surface area contributed by atoms with E-state index in [0.29, 0.717) is 24.5 Å². The summed E-state index contributed by atoms with van der Waals surface area (Å²) in [7, 11) is 0. The maximum Gasteiger partial charge on any atom is 0.243 e. The number of amides is 2. The highest BCUT2D eigenvalue weighted by Crippen LogP contribution is 2.19. The Labute approximate surface area is 195 Å². The third-order valence-corrected chi connectivity index (χ3v) is 5.58. The van der Waals surface area contributed by atoms with Gasteiger partial charge >= 0.3 is 0 Å². The number of nitrogens with zero attached hydrogens (tertiary/aromatic N) is 1. The first kappa shape index (κ1) is 23.6. The van der Waals surface area contributed by atoms with Crippen LogP contribution in [-0.4, -0.2) is 29.3 Å². The van der Waals surface area contributed by atoms with Gasteiger partial charge in [-0.3, -0.25) is 9.59 Å². The van der Waals surface area contributed by atoms with Crippen molar-refractivity contribution in [2.75, 3.05) is 6.54 Å². The zero-order valence-electron chi connectivity index (χ0n) is 18.6. The summed E-state index contributed by atoms with van der Waals surface area (Å²) in [6, 6.07) is 24.5. The predicted molar refractivity (Wildman–Crippen MR) is 130 cm³/mol. The minimum atomic E-state index is -0.630. The Balaban J connectivity index is 1.94. The average Bonchev–Trinajstić information content (AvgIpc) is 2.78. The summed E-state index contributed by atoms with van der Waals surface area (Å²) < 4.78 is 0. The van der Waals surface area contributed by atoms with Gasteiger partial charge in [0.15, 0.2) is 0 Å². The highest BCUT2D eigenvalue weighted by atomic mass is 35.5. The molecule has 0 aliphatic rings. The normalized spacial score (nSPS) is 11.6. The number of hydrogen-bond acceptors (Lipinski definition) is 2. The fourth-order valence-corrected chi connectivity index (χ4v) is 3.87. The molecule has 3 aromatic carbocycles. The highest BCUT2D eigenvalue weighted by Gasteiger charge is 2.30. The van der Waals surface area contributed by atoms with Crippen LogP contribution in [0.3, 0.4) is 0 Å². The van der Waals surface area contributed by atoms with Gasteiger partial charge in [0.05, 0.1) is 6.42 Å². The molecule has 0 aliphatic carbocycles. The standard InChI is InChI=1S/C27H29ClN2O2/c1-3-29-27(32)25(17-21-8-5-4-6-9-21)30(19-23-10-7-11-24(28)16-23)26(31)18-22-14-12-20(2)13-15-22/h4-16,25H,3,17-19H2,1-2H3,(H,29,32). The minimum Gasteiger partial charge on any atom is -0.355 e. The Morgan fingerprint density at radius 2 is 1.59 bits per heavy atom. The van der Waals surface area contributed by atoms with E-state index >= 15 is 0 Å². The molecule has 0 bridgehead atoms. The molecule has 0 spiro atoms. The van der Waals surface area contributed by atoms with Crippen LogP contribution in [0.5, 0.6) is 0 Å². The molecule has 0 radical (unpaired) electrons. The molecule has 1 N–H and O–H groups in total. The molecule has 5 heteroatoms. The summed E-state index contributed by atoms with van der Waals surface area (Å²) in [6.07, 6.45) is 0.665. The summed E-state index contributed by atoms with van der Waals surface area (Å²) in [5.41, 5.74) is 3.95. The van der Waals surface area contributed by atoms with Crippen LogP contribution in [0.4, 0.5) is 0 Å². The Morgan fingerprint density at radius 1 is 0.906 bits per heavy atom. The predicted octanol–water partition coefficient (Wildman–Crippen LogP) is 4.97. The Bertz CT molecular complexity index is 1040. The molecule has 32 heavy (non-hydrogen) atoms. The van der Waals surface area contributed by atoms with Gasteiger partial charge in [0.25, 0.3) is 0 Å². The number of halogens is 1. The van der Waals surface area contributed by atoms with Crippen LogP contribution in [0.25, 0.3) is 0 Å². The smallest absolute Gasteiger partial charge is 0.243 e. The molecular formula is C27H29ClN2O2. The second-order valence-corrected chi connectivity index (χ2v) is 8.35. The molecule has 0 saturated carbocycles. The van der Waals surface area contributed by atoms with Crippen LogP contribution < -0.4 is 5.32 Å². The van der Waals surface area contributed by atoms with E-state index in [-0.39, 0.29) is 18.2 Å². The van der Waals surface area contributed by atoms with Crippen LogP contribution in [0, 0.1) is 6.92 Å². The van der Waals surface area contributed by atoms with E-state index in [0.717, 1.165) is 22.3 Å². The molecule has 0 fully saturated rings. The fourth-order valence-electron chi connectivity index (χ4n) is 3.66. The maximum atomic E-state index is 13.5. The Kier molecular flexibility index (Phi) is 8.46. The molecule has 3 rings (SSSR count). The number of aryl methyl sites for hydroxylation is 1. The monoisotopic (exact) mass is 448 g/mol. The Morgan fingerprint density at radius 3 is 2.25 bits per heavy atom. The third kappa shape index (κ3) is 6.69. The summed E-state index contributed by atoms with van der Waals surface area (Å²) >= 11 is 6.19. The second-order valence-electron chi connectivity index (χ2n) is 7.91. The molecule has 2 amide bonds. The molecule has 1 unspecified atom stereocenters. The molecular weight excluding hydrogens is 420 g/mol. The molecule has 3 aromatic rings. The molecule has 0 aromatic heterocycles. The van der Waals surface area contributed by atoms with Crippen LogP contribution in [0.15, 0.2) is 78.9 Å². The van der Waals surface area contributed by atoms with Crippen molar-refractivity contribution < 1.29 is 9.59 Å². The second kappa shape index (κ2) is 11.5. The summed E-state index contributed by atoms with van der Waals surface area (Å²) in [6.45, 7) is 4.70. The Hall–Kier alpha value is -3.11. The van der Waals surface area contributed by atoms with E-state index in [1.165, 1.54) is 0 Å². The van der Waals surface area contributed by atoms with E-state index in [9.17, 15) is 9.59 Å². The van der Waals surface area contributed by atoms with Gasteiger partial charge in [-0.2, -0.15) is 0 Å². The molecule has 0 saturated heterocycles. The van der Waals surface area contributed by atoms with Gasteiger partial charge in [-0.15, -0.1) is 0 Å². The lowest BCUT2D eigenvalue weighted by Gasteiger charge is -2.31. The van der Waals surface area contributed by atoms with Crippen LogP contribution in [0.2, 0.25) is 5.02 Å². The average molecular weight is 449 g/mol. The first-order chi connectivity index (χ1) is 15.5. The van der Waals surface area contributed by atoms with Gasteiger partial charge in [0, 0.05) is 24.5 Å². The minimum absolute atomic E-state index is 0.0963. The zero-order chi connectivity index (χ0) is 22.9. The lowest BCUT2D eigenvalue weighted by Crippen LogP contribution is -2.50. The van der Waals surface area contributed by atoms with Gasteiger partial charge in [-0.05, 0) is 42.7 Å². The van der Waals surface area contributed by atoms with Crippen molar-refractivity contribution >= 4 is 23.4 Å². The number of carbonyl (C=O) groups is 2. The van der Waals surface area contributed by atoms with E-state index in [1.807, 2.05) is 86.6 Å². The quantitative estimate of drug-likeness (QED) is 0.502. The number of hydrogen-bond donors (Lipinski definition) is 1. The van der Waals surface area contributed by atoms with Crippen LogP contribution >= 0.6 is 11.6 Å². The first-order valence-corrected chi connectivity index (χ1v) is 11.2. The van der Waals surface area contributed by atoms with Crippen LogP contribution in [0.1, 0.15) is 29.2 Å². The van der Waals surface area contributed by atoms with Gasteiger partial charge in [0.2, 0.25) is 11.8 Å². The number of nitrogens with one attached hydrogen (secondary N) is 1. The molecule has 0 aliphatic heterocycles. The van der Waals surface area contributed by atoms with E-state index in [2.05, 4.69) is 5.32 Å². The summed E-state index contributed by atoms with van der Waals surface area (Å²) in [5.74, 6) is -0.253. The van der Waals surface area contributed by atoms with Crippen molar-refractivity contribution in [2.45, 2.75) is 39.3 Å². The van der Waals surface area contributed by atoms with Crippen molar-refractivity contribution in [3.63, 3.8) is 0 Å². The van der Waals surface area contributed by atoms with Crippen molar-refractivity contribution in [1.29, 1.82) is 0 Å². The number of benzene rings is 3. The van der Waals surface area contributed by atoms with Gasteiger partial charge < -0.3 is 10.2 Å². The molecule has 166 valence electrons. The zero-order valence-corrected chi connectivity index (χ0v) is 19.3. The topological polar surface area (TPSA) is 49.4 Å². The number of likely N-dealkylation sites (N-methyl/N-ethyl adjacent to an activating group) is 1. The largest absolute Gasteiger partial charge is 0.355 e. The first-order valence-electron chi connectivity index (χ1n) is 10.9. The summed E-state index contributed by atoms with van der Waals surface area (Å²) in [5, 5.41) is 3.51. The summed E-state index contributed by atoms with van der Waals surface area (Å²) in [4.78, 5) is 28.3. The van der Waals surface area contributed by atoms with Crippen molar-refractivity contribution in [3.05, 3.63) is 106 Å². The van der Waals surface area contributed by atoms with Gasteiger partial charge in [-0.1, -0.05) is 83.9 Å². The fraction of sp³-hybridized carbons (Fsp3) is 0.259. The van der Waals surface area contributed by atoms with E-state index in [1.54, 1.807) is 11.0 Å². The van der Waals surface area contributed by atoms with Gasteiger partial charge in [-0.25, -0.2) is 0 Å². The van der Waals surface area contributed by atoms with Crippen LogP contribution in [-0.2, 0) is 29.0 Å². The number of rotatable bonds is 9. The number of carbonyl (C=O) groups excluding carboxylic acids is 2. The SMILES string of the molecule is CCNC(=O)C(Cc1ccccc1)N(Cc1cccc(Cl)c1)C(=O)Cc1ccc(C)cc1. The molecule has 4 nitrogen and oxygen atoms in total. The lowest BCUT2D eigenvalue weighted by molar-refractivity contribution is -0.140. The molecule has 0 heterocycles. The van der Waals surface area contributed by atoms with E-state index in [4.69, 9.17) is 11.6 Å².